The van der Waals surface area contributed by atoms with Gasteiger partial charge in [-0.2, -0.15) is 0 Å². The van der Waals surface area contributed by atoms with Crippen molar-refractivity contribution in [1.82, 2.24) is 19.5 Å². The van der Waals surface area contributed by atoms with Crippen molar-refractivity contribution in [3.63, 3.8) is 0 Å². The summed E-state index contributed by atoms with van der Waals surface area (Å²) >= 11 is 0. The summed E-state index contributed by atoms with van der Waals surface area (Å²) in [5.41, 5.74) is 9.80. The molecule has 0 radical (unpaired) electrons. The second-order valence-corrected chi connectivity index (χ2v) is 13.6. The smallest absolute Gasteiger partial charge is 0.164 e. The maximum Gasteiger partial charge on any atom is 0.164 e. The lowest BCUT2D eigenvalue weighted by atomic mass is 10.0. The van der Waals surface area contributed by atoms with Crippen LogP contribution in [0.2, 0.25) is 0 Å². The van der Waals surface area contributed by atoms with E-state index in [1.165, 1.54) is 21.5 Å². The molecule has 0 saturated heterocycles. The Kier molecular flexibility index (Phi) is 6.79. The number of para-hydroxylation sites is 2. The predicted octanol–water partition coefficient (Wildman–Crippen LogP) is 12.7. The van der Waals surface area contributed by atoms with Crippen LogP contribution in [0.15, 0.2) is 186 Å². The molecule has 0 fully saturated rings. The van der Waals surface area contributed by atoms with Gasteiger partial charge in [0.1, 0.15) is 5.58 Å². The lowest BCUT2D eigenvalue weighted by Crippen LogP contribution is -2.01. The third kappa shape index (κ3) is 4.83. The van der Waals surface area contributed by atoms with Crippen molar-refractivity contribution in [3.8, 4) is 51.0 Å². The lowest BCUT2D eigenvalue weighted by molar-refractivity contribution is 0.666. The van der Waals surface area contributed by atoms with E-state index in [2.05, 4.69) is 138 Å². The minimum atomic E-state index is 0.585. The van der Waals surface area contributed by atoms with Crippen LogP contribution in [0, 0.1) is 0 Å². The van der Waals surface area contributed by atoms with Gasteiger partial charge in [0.15, 0.2) is 23.1 Å². The fraction of sp³-hybridized carbons (Fsp3) is 0. The molecular weight excluding hydrogens is 661 g/mol. The minimum Gasteiger partial charge on any atom is -0.454 e. The van der Waals surface area contributed by atoms with Gasteiger partial charge < -0.3 is 8.98 Å². The highest BCUT2D eigenvalue weighted by atomic mass is 16.3. The molecule has 0 N–H and O–H groups in total. The first-order valence-electron chi connectivity index (χ1n) is 18.1. The highest BCUT2D eigenvalue weighted by Crippen LogP contribution is 2.43. The molecule has 3 heterocycles. The Morgan fingerprint density at radius 2 is 0.944 bits per heavy atom. The maximum absolute atomic E-state index is 6.85. The van der Waals surface area contributed by atoms with E-state index >= 15 is 0 Å². The van der Waals surface area contributed by atoms with E-state index in [0.29, 0.717) is 17.5 Å². The second-order valence-electron chi connectivity index (χ2n) is 13.6. The lowest BCUT2D eigenvalue weighted by Gasteiger charge is -2.13. The molecule has 0 unspecified atom stereocenters. The second kappa shape index (κ2) is 12.1. The molecule has 0 saturated carbocycles. The Labute approximate surface area is 310 Å². The van der Waals surface area contributed by atoms with Crippen molar-refractivity contribution in [2.24, 2.45) is 0 Å². The standard InChI is InChI=1S/C49H30N4O/c1-3-13-31(14-4-1)32-23-25-34(26-24-32)48-50-47(33-15-5-2-6-16-33)51-49(52-48)39-27-28-42(46-45(39)38-20-10-12-22-44(38)54-46)53-41-21-11-9-19-37(41)40-29-35-17-7-8-18-36(35)30-43(40)53/h1-30H. The number of benzene rings is 8. The molecule has 0 spiro atoms. The summed E-state index contributed by atoms with van der Waals surface area (Å²) in [5, 5.41) is 6.77. The van der Waals surface area contributed by atoms with Crippen LogP contribution in [0.3, 0.4) is 0 Å². The molecule has 0 atom stereocenters. The maximum atomic E-state index is 6.85. The predicted molar refractivity (Wildman–Crippen MR) is 221 cm³/mol. The van der Waals surface area contributed by atoms with Gasteiger partial charge in [0.05, 0.1) is 16.7 Å². The van der Waals surface area contributed by atoms with Crippen LogP contribution in [0.5, 0.6) is 0 Å². The molecule has 5 nitrogen and oxygen atoms in total. The van der Waals surface area contributed by atoms with Gasteiger partial charge >= 0.3 is 0 Å². The number of hydrogen-bond donors (Lipinski definition) is 0. The van der Waals surface area contributed by atoms with Crippen LogP contribution in [0.4, 0.5) is 0 Å². The van der Waals surface area contributed by atoms with Gasteiger partial charge in [-0.15, -0.1) is 0 Å². The van der Waals surface area contributed by atoms with Gasteiger partial charge in [-0.1, -0.05) is 146 Å². The summed E-state index contributed by atoms with van der Waals surface area (Å²) in [7, 11) is 0. The summed E-state index contributed by atoms with van der Waals surface area (Å²) < 4.78 is 9.19. The molecule has 252 valence electrons. The molecule has 54 heavy (non-hydrogen) atoms. The molecule has 0 aliphatic rings. The fourth-order valence-corrected chi connectivity index (χ4v) is 7.88. The van der Waals surface area contributed by atoms with Gasteiger partial charge in [-0.25, -0.2) is 15.0 Å². The third-order valence-electron chi connectivity index (χ3n) is 10.4. The summed E-state index contributed by atoms with van der Waals surface area (Å²) in [6.45, 7) is 0. The van der Waals surface area contributed by atoms with Crippen molar-refractivity contribution >= 4 is 54.5 Å². The minimum absolute atomic E-state index is 0.585. The zero-order valence-electron chi connectivity index (χ0n) is 29.0. The van der Waals surface area contributed by atoms with E-state index in [0.717, 1.165) is 66.5 Å². The number of furan rings is 1. The first-order chi connectivity index (χ1) is 26.8. The Morgan fingerprint density at radius 1 is 0.389 bits per heavy atom. The summed E-state index contributed by atoms with van der Waals surface area (Å²) in [5.74, 6) is 1.81. The highest BCUT2D eigenvalue weighted by Gasteiger charge is 2.23. The molecule has 3 aromatic heterocycles. The Morgan fingerprint density at radius 3 is 1.70 bits per heavy atom. The van der Waals surface area contributed by atoms with Crippen LogP contribution in [-0.2, 0) is 0 Å². The number of rotatable bonds is 5. The highest BCUT2D eigenvalue weighted by molar-refractivity contribution is 6.17. The van der Waals surface area contributed by atoms with Crippen molar-refractivity contribution in [2.45, 2.75) is 0 Å². The molecule has 11 rings (SSSR count). The molecule has 8 aromatic carbocycles. The number of aromatic nitrogens is 4. The molecule has 0 bridgehead atoms. The van der Waals surface area contributed by atoms with E-state index in [1.807, 2.05) is 48.5 Å². The summed E-state index contributed by atoms with van der Waals surface area (Å²) in [6.07, 6.45) is 0. The molecule has 0 aliphatic carbocycles. The normalized spacial score (nSPS) is 11.7. The summed E-state index contributed by atoms with van der Waals surface area (Å²) in [6, 6.07) is 63.2. The molecule has 0 aliphatic heterocycles. The largest absolute Gasteiger partial charge is 0.454 e. The first kappa shape index (κ1) is 30.3. The van der Waals surface area contributed by atoms with Crippen molar-refractivity contribution < 1.29 is 4.42 Å². The van der Waals surface area contributed by atoms with Crippen molar-refractivity contribution in [2.75, 3.05) is 0 Å². The SMILES string of the molecule is c1ccc(-c2ccc(-c3nc(-c4ccccc4)nc(-c4ccc(-n5c6ccccc6c6cc7ccccc7cc65)c5oc6ccccc6c45)n3)cc2)cc1. The average Bonchev–Trinajstić information content (AvgIpc) is 3.79. The molecule has 11 aromatic rings. The number of nitrogens with zero attached hydrogens (tertiary/aromatic N) is 4. The number of fused-ring (bicyclic) bond motifs is 7. The van der Waals surface area contributed by atoms with E-state index in [9.17, 15) is 0 Å². The molecular formula is C49H30N4O. The van der Waals surface area contributed by atoms with Crippen LogP contribution in [0.1, 0.15) is 0 Å². The topological polar surface area (TPSA) is 56.7 Å². The van der Waals surface area contributed by atoms with Crippen LogP contribution in [0.25, 0.3) is 105 Å². The third-order valence-corrected chi connectivity index (χ3v) is 10.4. The Balaban J connectivity index is 1.17. The van der Waals surface area contributed by atoms with Gasteiger partial charge in [0, 0.05) is 38.2 Å². The monoisotopic (exact) mass is 690 g/mol. The van der Waals surface area contributed by atoms with Crippen molar-refractivity contribution in [3.05, 3.63) is 182 Å². The molecule has 5 heteroatoms. The van der Waals surface area contributed by atoms with Crippen LogP contribution >= 0.6 is 0 Å². The quantitative estimate of drug-likeness (QED) is 0.180. The van der Waals surface area contributed by atoms with Gasteiger partial charge in [-0.05, 0) is 58.3 Å². The van der Waals surface area contributed by atoms with Gasteiger partial charge in [0.2, 0.25) is 0 Å². The number of hydrogen-bond acceptors (Lipinski definition) is 4. The zero-order chi connectivity index (χ0) is 35.6. The van der Waals surface area contributed by atoms with Crippen LogP contribution in [-0.4, -0.2) is 19.5 Å². The summed E-state index contributed by atoms with van der Waals surface area (Å²) in [4.78, 5) is 15.4. The van der Waals surface area contributed by atoms with E-state index < -0.39 is 0 Å². The van der Waals surface area contributed by atoms with Crippen LogP contribution < -0.4 is 0 Å². The van der Waals surface area contributed by atoms with E-state index in [-0.39, 0.29) is 0 Å². The molecule has 0 amide bonds. The van der Waals surface area contributed by atoms with Gasteiger partial charge in [-0.3, -0.25) is 0 Å². The van der Waals surface area contributed by atoms with Crippen molar-refractivity contribution in [1.29, 1.82) is 0 Å². The fourth-order valence-electron chi connectivity index (χ4n) is 7.88. The van der Waals surface area contributed by atoms with E-state index in [1.54, 1.807) is 0 Å². The van der Waals surface area contributed by atoms with Gasteiger partial charge in [0.25, 0.3) is 0 Å². The van der Waals surface area contributed by atoms with E-state index in [4.69, 9.17) is 19.4 Å². The Bertz CT molecular complexity index is 3200. The average molecular weight is 691 g/mol. The first-order valence-corrected chi connectivity index (χ1v) is 18.1. The zero-order valence-corrected chi connectivity index (χ0v) is 29.0. The Hall–Kier alpha value is -7.37.